The highest BCUT2D eigenvalue weighted by atomic mass is 35.5. The van der Waals surface area contributed by atoms with E-state index in [1.54, 1.807) is 35.6 Å². The number of rotatable bonds is 10. The van der Waals surface area contributed by atoms with Crippen LogP contribution in [0.4, 0.5) is 5.69 Å². The van der Waals surface area contributed by atoms with Gasteiger partial charge in [-0.1, -0.05) is 65.2 Å². The molecule has 1 aromatic heterocycles. The lowest BCUT2D eigenvalue weighted by molar-refractivity contribution is -0.128. The molecule has 4 rings (SSSR count). The van der Waals surface area contributed by atoms with Gasteiger partial charge in [0.2, 0.25) is 5.91 Å². The first-order chi connectivity index (χ1) is 19.7. The number of halogens is 2. The number of nitriles is 1. The Balaban J connectivity index is 1.49. The Morgan fingerprint density at radius 1 is 1.12 bits per heavy atom. The quantitative estimate of drug-likeness (QED) is 0.205. The van der Waals surface area contributed by atoms with E-state index in [0.717, 1.165) is 28.1 Å². The number of hydrogen-bond acceptors (Lipinski definition) is 5. The molecule has 10 heteroatoms. The summed E-state index contributed by atoms with van der Waals surface area (Å²) in [6, 6.07) is 22.5. The zero-order valence-corrected chi connectivity index (χ0v) is 25.1. The molecule has 0 unspecified atom stereocenters. The van der Waals surface area contributed by atoms with E-state index in [9.17, 15) is 4.79 Å². The Morgan fingerprint density at radius 2 is 1.85 bits per heavy atom. The molecule has 0 aliphatic rings. The zero-order valence-electron chi connectivity index (χ0n) is 22.8. The standard InChI is InChI=1S/C31H30Cl2N6OS/c1-21-6-12-26(13-7-21)37-31(41)39(22(2)16-35-17-25-4-3-5-28(32)30(25)33)29(40)14-27-18-36-20-38(27)19-24-10-8-23(15-34)9-11-24/h3-13,18,20,22,35H,14,16-17,19H2,1-2H3,(H,37,41)/t22-/m0/s1. The molecule has 1 amide bonds. The number of hydrogen-bond donors (Lipinski definition) is 2. The molecule has 0 spiro atoms. The molecule has 0 bridgehead atoms. The Labute approximate surface area is 255 Å². The lowest BCUT2D eigenvalue weighted by atomic mass is 10.1. The fourth-order valence-electron chi connectivity index (χ4n) is 4.33. The van der Waals surface area contributed by atoms with Crippen molar-refractivity contribution in [2.75, 3.05) is 11.9 Å². The Bertz CT molecular complexity index is 1550. The van der Waals surface area contributed by atoms with Gasteiger partial charge >= 0.3 is 0 Å². The molecule has 0 saturated carbocycles. The van der Waals surface area contributed by atoms with Crippen LogP contribution in [0.5, 0.6) is 0 Å². The Hall–Kier alpha value is -3.74. The third-order valence-corrected chi connectivity index (χ3v) is 7.74. The van der Waals surface area contributed by atoms with E-state index in [1.807, 2.05) is 66.9 Å². The predicted octanol–water partition coefficient (Wildman–Crippen LogP) is 6.36. The SMILES string of the molecule is Cc1ccc(NC(=S)N(C(=O)Cc2cncn2Cc2ccc(C#N)cc2)[C@@H](C)CNCc2cccc(Cl)c2Cl)cc1. The highest BCUT2D eigenvalue weighted by molar-refractivity contribution is 7.80. The molecule has 0 aliphatic carbocycles. The highest BCUT2D eigenvalue weighted by Gasteiger charge is 2.26. The van der Waals surface area contributed by atoms with Gasteiger partial charge in [-0.25, -0.2) is 4.98 Å². The highest BCUT2D eigenvalue weighted by Crippen LogP contribution is 2.25. The summed E-state index contributed by atoms with van der Waals surface area (Å²) in [4.78, 5) is 19.7. The second-order valence-corrected chi connectivity index (χ2v) is 10.9. The maximum atomic E-state index is 13.8. The fraction of sp³-hybridized carbons (Fsp3) is 0.226. The van der Waals surface area contributed by atoms with Gasteiger partial charge in [-0.05, 0) is 67.5 Å². The van der Waals surface area contributed by atoms with Crippen LogP contribution in [0.2, 0.25) is 10.0 Å². The van der Waals surface area contributed by atoms with Crippen LogP contribution in [0.3, 0.4) is 0 Å². The lowest BCUT2D eigenvalue weighted by Gasteiger charge is -2.30. The number of nitrogens with zero attached hydrogens (tertiary/aromatic N) is 4. The number of benzene rings is 3. The van der Waals surface area contributed by atoms with Crippen molar-refractivity contribution < 1.29 is 4.79 Å². The summed E-state index contributed by atoms with van der Waals surface area (Å²) < 4.78 is 1.93. The number of aromatic nitrogens is 2. The normalized spacial score (nSPS) is 11.5. The Kier molecular flexibility index (Phi) is 10.5. The number of anilines is 1. The van der Waals surface area contributed by atoms with Crippen LogP contribution in [-0.2, 0) is 24.3 Å². The van der Waals surface area contributed by atoms with E-state index in [2.05, 4.69) is 21.7 Å². The van der Waals surface area contributed by atoms with Gasteiger partial charge < -0.3 is 15.2 Å². The van der Waals surface area contributed by atoms with E-state index >= 15 is 0 Å². The molecule has 0 saturated heterocycles. The van der Waals surface area contributed by atoms with Crippen molar-refractivity contribution in [2.45, 2.75) is 39.4 Å². The fourth-order valence-corrected chi connectivity index (χ4v) is 5.12. The van der Waals surface area contributed by atoms with Gasteiger partial charge in [0.25, 0.3) is 0 Å². The van der Waals surface area contributed by atoms with Crippen molar-refractivity contribution in [3.63, 3.8) is 0 Å². The average Bonchev–Trinajstić information content (AvgIpc) is 3.38. The van der Waals surface area contributed by atoms with Crippen LogP contribution in [0.25, 0.3) is 0 Å². The predicted molar refractivity (Wildman–Crippen MR) is 168 cm³/mol. The van der Waals surface area contributed by atoms with Gasteiger partial charge in [0.1, 0.15) is 0 Å². The second-order valence-electron chi connectivity index (χ2n) is 9.75. The number of imidazole rings is 1. The minimum Gasteiger partial charge on any atom is -0.332 e. The molecular formula is C31H30Cl2N6OS. The molecule has 7 nitrogen and oxygen atoms in total. The van der Waals surface area contributed by atoms with Crippen LogP contribution in [0.1, 0.15) is 34.9 Å². The molecule has 3 aromatic carbocycles. The third kappa shape index (κ3) is 8.15. The minimum atomic E-state index is -0.277. The summed E-state index contributed by atoms with van der Waals surface area (Å²) in [5, 5.41) is 17.0. The number of aryl methyl sites for hydroxylation is 1. The van der Waals surface area contributed by atoms with Gasteiger partial charge in [-0.15, -0.1) is 0 Å². The largest absolute Gasteiger partial charge is 0.332 e. The maximum absolute atomic E-state index is 13.8. The van der Waals surface area contributed by atoms with Crippen molar-refractivity contribution in [1.82, 2.24) is 19.8 Å². The van der Waals surface area contributed by atoms with Gasteiger partial charge in [-0.3, -0.25) is 9.69 Å². The number of nitrogens with one attached hydrogen (secondary N) is 2. The van der Waals surface area contributed by atoms with E-state index in [1.165, 1.54) is 0 Å². The van der Waals surface area contributed by atoms with Crippen LogP contribution in [-0.4, -0.2) is 38.1 Å². The van der Waals surface area contributed by atoms with E-state index in [-0.39, 0.29) is 18.4 Å². The van der Waals surface area contributed by atoms with Crippen molar-refractivity contribution >= 4 is 52.1 Å². The van der Waals surface area contributed by atoms with E-state index < -0.39 is 0 Å². The summed E-state index contributed by atoms with van der Waals surface area (Å²) in [5.74, 6) is -0.161. The Morgan fingerprint density at radius 3 is 2.56 bits per heavy atom. The number of amides is 1. The number of thiocarbonyl (C=S) groups is 1. The van der Waals surface area contributed by atoms with Gasteiger partial charge in [0.15, 0.2) is 5.11 Å². The maximum Gasteiger partial charge on any atom is 0.235 e. The summed E-state index contributed by atoms with van der Waals surface area (Å²) in [6.07, 6.45) is 3.50. The molecule has 1 atom stereocenters. The number of carbonyl (C=O) groups excluding carboxylic acids is 1. The molecule has 41 heavy (non-hydrogen) atoms. The summed E-state index contributed by atoms with van der Waals surface area (Å²) in [6.45, 7) is 5.44. The van der Waals surface area contributed by atoms with Crippen LogP contribution >= 0.6 is 35.4 Å². The molecule has 0 aliphatic heterocycles. The molecule has 4 aromatic rings. The van der Waals surface area contributed by atoms with Gasteiger partial charge in [0.05, 0.1) is 34.4 Å². The molecule has 0 fully saturated rings. The first kappa shape index (κ1) is 30.2. The first-order valence-corrected chi connectivity index (χ1v) is 14.2. The summed E-state index contributed by atoms with van der Waals surface area (Å²) in [5.41, 5.74) is 5.16. The number of carbonyl (C=O) groups is 1. The molecule has 0 radical (unpaired) electrons. The van der Waals surface area contributed by atoms with Crippen molar-refractivity contribution in [3.8, 4) is 6.07 Å². The molecule has 2 N–H and O–H groups in total. The molecule has 1 heterocycles. The van der Waals surface area contributed by atoms with Crippen molar-refractivity contribution in [3.05, 3.63) is 117 Å². The summed E-state index contributed by atoms with van der Waals surface area (Å²) >= 11 is 18.3. The van der Waals surface area contributed by atoms with Crippen LogP contribution < -0.4 is 10.6 Å². The topological polar surface area (TPSA) is 86.0 Å². The van der Waals surface area contributed by atoms with E-state index in [0.29, 0.717) is 40.4 Å². The summed E-state index contributed by atoms with van der Waals surface area (Å²) in [7, 11) is 0. The van der Waals surface area contributed by atoms with Gasteiger partial charge in [-0.2, -0.15) is 5.26 Å². The van der Waals surface area contributed by atoms with Crippen molar-refractivity contribution in [1.29, 1.82) is 5.26 Å². The monoisotopic (exact) mass is 604 g/mol. The first-order valence-electron chi connectivity index (χ1n) is 13.1. The second kappa shape index (κ2) is 14.2. The minimum absolute atomic E-state index is 0.108. The van der Waals surface area contributed by atoms with E-state index in [4.69, 9.17) is 40.7 Å². The average molecular weight is 606 g/mol. The van der Waals surface area contributed by atoms with Crippen LogP contribution in [0.15, 0.2) is 79.3 Å². The lowest BCUT2D eigenvalue weighted by Crippen LogP contribution is -2.50. The van der Waals surface area contributed by atoms with Crippen molar-refractivity contribution in [2.24, 2.45) is 0 Å². The third-order valence-electron chi connectivity index (χ3n) is 6.58. The molecular weight excluding hydrogens is 575 g/mol. The van der Waals surface area contributed by atoms with Gasteiger partial charge in [0, 0.05) is 43.3 Å². The zero-order chi connectivity index (χ0) is 29.4. The smallest absolute Gasteiger partial charge is 0.235 e. The molecule has 210 valence electrons. The van der Waals surface area contributed by atoms with Crippen LogP contribution in [0, 0.1) is 18.3 Å².